The summed E-state index contributed by atoms with van der Waals surface area (Å²) in [7, 11) is 1.60. The highest BCUT2D eigenvalue weighted by Crippen LogP contribution is 2.32. The Bertz CT molecular complexity index is 287. The summed E-state index contributed by atoms with van der Waals surface area (Å²) in [5.41, 5.74) is 0. The average molecular weight is 257 g/mol. The number of ether oxygens (including phenoxy) is 1. The number of carboxylic acids is 1. The smallest absolute Gasteiger partial charge is 0.307 e. The van der Waals surface area contributed by atoms with E-state index in [-0.39, 0.29) is 17.9 Å². The second-order valence-electron chi connectivity index (χ2n) is 4.93. The first-order chi connectivity index (χ1) is 8.60. The fourth-order valence-corrected chi connectivity index (χ4v) is 2.62. The summed E-state index contributed by atoms with van der Waals surface area (Å²) in [6.45, 7) is 2.52. The first-order valence-corrected chi connectivity index (χ1v) is 6.62. The molecule has 2 N–H and O–H groups in total. The predicted octanol–water partition coefficient (Wildman–Crippen LogP) is 1.42. The van der Waals surface area contributed by atoms with E-state index < -0.39 is 11.9 Å². The van der Waals surface area contributed by atoms with Crippen LogP contribution in [0.3, 0.4) is 0 Å². The molecule has 18 heavy (non-hydrogen) atoms. The molecule has 0 radical (unpaired) electrons. The van der Waals surface area contributed by atoms with Gasteiger partial charge in [-0.15, -0.1) is 0 Å². The predicted molar refractivity (Wildman–Crippen MR) is 67.2 cm³/mol. The lowest BCUT2D eigenvalue weighted by Gasteiger charge is -2.21. The van der Waals surface area contributed by atoms with E-state index in [2.05, 4.69) is 5.32 Å². The Hall–Kier alpha value is -1.10. The van der Waals surface area contributed by atoms with Gasteiger partial charge in [0, 0.05) is 7.11 Å². The number of carboxylic acid groups (broad SMARTS) is 1. The molecule has 1 rings (SSSR count). The van der Waals surface area contributed by atoms with E-state index in [1.807, 2.05) is 6.92 Å². The molecule has 1 saturated carbocycles. The molecule has 5 heteroatoms. The van der Waals surface area contributed by atoms with E-state index in [0.717, 1.165) is 19.3 Å². The maximum atomic E-state index is 12.1. The SMILES string of the molecule is CCCC(COC)NC(=O)[C@@H]1CCC[C@@H]1C(=O)O. The zero-order valence-corrected chi connectivity index (χ0v) is 11.1. The van der Waals surface area contributed by atoms with Gasteiger partial charge in [0.2, 0.25) is 5.91 Å². The van der Waals surface area contributed by atoms with Crippen molar-refractivity contribution in [2.75, 3.05) is 13.7 Å². The van der Waals surface area contributed by atoms with Gasteiger partial charge in [-0.1, -0.05) is 19.8 Å². The molecule has 0 aliphatic heterocycles. The van der Waals surface area contributed by atoms with Crippen LogP contribution in [0.4, 0.5) is 0 Å². The molecule has 1 amide bonds. The van der Waals surface area contributed by atoms with Gasteiger partial charge in [0.05, 0.1) is 24.5 Å². The number of methoxy groups -OCH3 is 1. The minimum absolute atomic E-state index is 0.0115. The second kappa shape index (κ2) is 7.36. The highest BCUT2D eigenvalue weighted by Gasteiger charge is 2.38. The third-order valence-electron chi connectivity index (χ3n) is 3.52. The molecule has 0 saturated heterocycles. The molecular formula is C13H23NO4. The zero-order chi connectivity index (χ0) is 13.5. The van der Waals surface area contributed by atoms with Gasteiger partial charge in [0.1, 0.15) is 0 Å². The van der Waals surface area contributed by atoms with E-state index >= 15 is 0 Å². The van der Waals surface area contributed by atoms with Crippen LogP contribution < -0.4 is 5.32 Å². The molecule has 0 aromatic rings. The van der Waals surface area contributed by atoms with E-state index in [1.165, 1.54) is 0 Å². The van der Waals surface area contributed by atoms with Crippen LogP contribution >= 0.6 is 0 Å². The van der Waals surface area contributed by atoms with Gasteiger partial charge in [0.15, 0.2) is 0 Å². The van der Waals surface area contributed by atoms with Crippen molar-refractivity contribution in [1.82, 2.24) is 5.32 Å². The van der Waals surface area contributed by atoms with Crippen molar-refractivity contribution in [1.29, 1.82) is 0 Å². The molecule has 1 fully saturated rings. The Morgan fingerprint density at radius 2 is 2.06 bits per heavy atom. The molecule has 1 unspecified atom stereocenters. The molecule has 1 aliphatic rings. The first kappa shape index (κ1) is 15.0. The minimum Gasteiger partial charge on any atom is -0.481 e. The summed E-state index contributed by atoms with van der Waals surface area (Å²) in [4.78, 5) is 23.1. The van der Waals surface area contributed by atoms with Crippen LogP contribution in [-0.2, 0) is 14.3 Å². The summed E-state index contributed by atoms with van der Waals surface area (Å²) in [5, 5.41) is 12.0. The first-order valence-electron chi connectivity index (χ1n) is 6.62. The van der Waals surface area contributed by atoms with Crippen LogP contribution in [0, 0.1) is 11.8 Å². The van der Waals surface area contributed by atoms with Gasteiger partial charge in [-0.2, -0.15) is 0 Å². The van der Waals surface area contributed by atoms with Crippen LogP contribution in [-0.4, -0.2) is 36.7 Å². The Morgan fingerprint density at radius 3 is 2.61 bits per heavy atom. The molecule has 0 heterocycles. The number of hydrogen-bond acceptors (Lipinski definition) is 3. The van der Waals surface area contributed by atoms with Gasteiger partial charge in [-0.05, 0) is 19.3 Å². The number of hydrogen-bond donors (Lipinski definition) is 2. The number of amides is 1. The summed E-state index contributed by atoms with van der Waals surface area (Å²) >= 11 is 0. The van der Waals surface area contributed by atoms with Gasteiger partial charge < -0.3 is 15.2 Å². The third kappa shape index (κ3) is 3.98. The number of aliphatic carboxylic acids is 1. The second-order valence-corrected chi connectivity index (χ2v) is 4.93. The molecule has 0 spiro atoms. The Balaban J connectivity index is 2.54. The van der Waals surface area contributed by atoms with Crippen molar-refractivity contribution < 1.29 is 19.4 Å². The maximum Gasteiger partial charge on any atom is 0.307 e. The average Bonchev–Trinajstić information content (AvgIpc) is 2.78. The summed E-state index contributed by atoms with van der Waals surface area (Å²) in [5.74, 6) is -1.88. The largest absolute Gasteiger partial charge is 0.481 e. The third-order valence-corrected chi connectivity index (χ3v) is 3.52. The quantitative estimate of drug-likeness (QED) is 0.723. The lowest BCUT2D eigenvalue weighted by atomic mass is 9.95. The number of carbonyl (C=O) groups is 2. The molecule has 5 nitrogen and oxygen atoms in total. The highest BCUT2D eigenvalue weighted by atomic mass is 16.5. The molecule has 0 aromatic heterocycles. The Kier molecular flexibility index (Phi) is 6.12. The van der Waals surface area contributed by atoms with Gasteiger partial charge in [-0.3, -0.25) is 9.59 Å². The van der Waals surface area contributed by atoms with Gasteiger partial charge in [-0.25, -0.2) is 0 Å². The zero-order valence-electron chi connectivity index (χ0n) is 11.1. The summed E-state index contributed by atoms with van der Waals surface area (Å²) in [6, 6.07) is -0.0115. The lowest BCUT2D eigenvalue weighted by Crippen LogP contribution is -2.43. The van der Waals surface area contributed by atoms with Crippen LogP contribution in [0.2, 0.25) is 0 Å². The van der Waals surface area contributed by atoms with Gasteiger partial charge in [0.25, 0.3) is 0 Å². The monoisotopic (exact) mass is 257 g/mol. The van der Waals surface area contributed by atoms with Crippen LogP contribution in [0.1, 0.15) is 39.0 Å². The molecule has 0 aromatic carbocycles. The van der Waals surface area contributed by atoms with E-state index in [4.69, 9.17) is 9.84 Å². The van der Waals surface area contributed by atoms with Crippen molar-refractivity contribution in [3.8, 4) is 0 Å². The number of carbonyl (C=O) groups excluding carboxylic acids is 1. The summed E-state index contributed by atoms with van der Waals surface area (Å²) in [6.07, 6.45) is 3.91. The normalized spacial score (nSPS) is 24.8. The maximum absolute atomic E-state index is 12.1. The van der Waals surface area contributed by atoms with E-state index in [1.54, 1.807) is 7.11 Å². The van der Waals surface area contributed by atoms with Crippen molar-refractivity contribution in [2.24, 2.45) is 11.8 Å². The summed E-state index contributed by atoms with van der Waals surface area (Å²) < 4.78 is 5.06. The van der Waals surface area contributed by atoms with Crippen molar-refractivity contribution in [3.05, 3.63) is 0 Å². The topological polar surface area (TPSA) is 75.6 Å². The standard InChI is InChI=1S/C13H23NO4/c1-3-5-9(8-18-2)14-12(15)10-6-4-7-11(10)13(16)17/h9-11H,3-8H2,1-2H3,(H,14,15)(H,16,17)/t9?,10-,11+/m1/s1. The van der Waals surface area contributed by atoms with Crippen LogP contribution in [0.25, 0.3) is 0 Å². The minimum atomic E-state index is -0.855. The van der Waals surface area contributed by atoms with Crippen molar-refractivity contribution in [3.63, 3.8) is 0 Å². The van der Waals surface area contributed by atoms with E-state index in [0.29, 0.717) is 19.4 Å². The van der Waals surface area contributed by atoms with Gasteiger partial charge >= 0.3 is 5.97 Å². The lowest BCUT2D eigenvalue weighted by molar-refractivity contribution is -0.146. The van der Waals surface area contributed by atoms with Crippen LogP contribution in [0.5, 0.6) is 0 Å². The van der Waals surface area contributed by atoms with Crippen molar-refractivity contribution >= 4 is 11.9 Å². The number of rotatable bonds is 7. The molecule has 0 bridgehead atoms. The Labute approximate surface area is 108 Å². The Morgan fingerprint density at radius 1 is 1.39 bits per heavy atom. The molecule has 1 aliphatic carbocycles. The highest BCUT2D eigenvalue weighted by molar-refractivity contribution is 5.85. The van der Waals surface area contributed by atoms with E-state index in [9.17, 15) is 9.59 Å². The number of nitrogens with one attached hydrogen (secondary N) is 1. The van der Waals surface area contributed by atoms with Crippen molar-refractivity contribution in [2.45, 2.75) is 45.1 Å². The fraction of sp³-hybridized carbons (Fsp3) is 0.846. The molecule has 3 atom stereocenters. The molecular weight excluding hydrogens is 234 g/mol. The van der Waals surface area contributed by atoms with Crippen LogP contribution in [0.15, 0.2) is 0 Å². The fourth-order valence-electron chi connectivity index (χ4n) is 2.62. The molecule has 104 valence electrons.